The Kier molecular flexibility index (Phi) is 5.40. The maximum Gasteiger partial charge on any atom is 0.351 e. The minimum Gasteiger partial charge on any atom is -0.477 e. The Hall–Kier alpha value is -1.56. The molecule has 0 aromatic rings. The Morgan fingerprint density at radius 2 is 2.00 bits per heavy atom. The van der Waals surface area contributed by atoms with Gasteiger partial charge in [-0.15, -0.1) is 11.6 Å². The zero-order valence-electron chi connectivity index (χ0n) is 8.04. The van der Waals surface area contributed by atoms with Crippen LogP contribution in [0.1, 0.15) is 6.92 Å². The van der Waals surface area contributed by atoms with Gasteiger partial charge in [0.15, 0.2) is 0 Å². The molecule has 0 bridgehead atoms. The molecule has 15 heavy (non-hydrogen) atoms. The van der Waals surface area contributed by atoms with Crippen molar-refractivity contribution in [2.75, 3.05) is 5.88 Å². The van der Waals surface area contributed by atoms with Crippen LogP contribution < -0.4 is 10.6 Å². The number of carbonyl (C=O) groups excluding carboxylic acids is 2. The van der Waals surface area contributed by atoms with Crippen LogP contribution in [0.25, 0.3) is 0 Å². The Morgan fingerprint density at radius 3 is 2.40 bits per heavy atom. The number of alkyl halides is 1. The molecule has 84 valence electrons. The molecule has 1 atom stereocenters. The fourth-order valence-electron chi connectivity index (χ4n) is 0.656. The summed E-state index contributed by atoms with van der Waals surface area (Å²) in [6.45, 7) is 4.50. The normalized spacial score (nSPS) is 11.3. The number of hydrogen-bond donors (Lipinski definition) is 3. The molecule has 0 rings (SSSR count). The van der Waals surface area contributed by atoms with Crippen LogP contribution >= 0.6 is 11.6 Å². The second-order valence-electron chi connectivity index (χ2n) is 2.70. The standard InChI is InChI=1S/C8H11ClN2O4/c1-4(10-6(12)3-9)7(13)11-5(2)8(14)15/h4H,2-3H2,1H3,(H,10,12)(H,11,13)(H,14,15)/t4-/m0/s1. The molecule has 0 aliphatic heterocycles. The van der Waals surface area contributed by atoms with E-state index in [4.69, 9.17) is 16.7 Å². The quantitative estimate of drug-likeness (QED) is 0.439. The van der Waals surface area contributed by atoms with E-state index in [0.717, 1.165) is 0 Å². The van der Waals surface area contributed by atoms with Gasteiger partial charge in [-0.3, -0.25) is 9.59 Å². The van der Waals surface area contributed by atoms with Crippen molar-refractivity contribution in [3.63, 3.8) is 0 Å². The number of nitrogens with one attached hydrogen (secondary N) is 2. The molecule has 3 N–H and O–H groups in total. The van der Waals surface area contributed by atoms with Crippen molar-refractivity contribution in [2.24, 2.45) is 0 Å². The lowest BCUT2D eigenvalue weighted by Crippen LogP contribution is -2.45. The first-order valence-electron chi connectivity index (χ1n) is 3.97. The van der Waals surface area contributed by atoms with Crippen molar-refractivity contribution in [1.82, 2.24) is 10.6 Å². The maximum absolute atomic E-state index is 11.2. The highest BCUT2D eigenvalue weighted by Crippen LogP contribution is 1.89. The predicted octanol–water partition coefficient (Wildman–Crippen LogP) is -0.556. The van der Waals surface area contributed by atoms with Gasteiger partial charge in [-0.05, 0) is 6.92 Å². The lowest BCUT2D eigenvalue weighted by molar-refractivity contribution is -0.135. The second-order valence-corrected chi connectivity index (χ2v) is 2.96. The zero-order valence-corrected chi connectivity index (χ0v) is 8.80. The molecule has 0 spiro atoms. The Bertz CT molecular complexity index is 303. The van der Waals surface area contributed by atoms with Crippen molar-refractivity contribution < 1.29 is 19.5 Å². The maximum atomic E-state index is 11.2. The first kappa shape index (κ1) is 13.4. The number of rotatable bonds is 5. The first-order valence-corrected chi connectivity index (χ1v) is 4.50. The van der Waals surface area contributed by atoms with Crippen LogP contribution in [0.3, 0.4) is 0 Å². The molecule has 0 heterocycles. The van der Waals surface area contributed by atoms with E-state index in [1.54, 1.807) is 0 Å². The van der Waals surface area contributed by atoms with Gasteiger partial charge >= 0.3 is 5.97 Å². The molecule has 0 saturated carbocycles. The molecule has 2 amide bonds. The van der Waals surface area contributed by atoms with Gasteiger partial charge in [0.25, 0.3) is 0 Å². The van der Waals surface area contributed by atoms with Crippen molar-refractivity contribution in [3.05, 3.63) is 12.3 Å². The SMILES string of the molecule is C=C(NC(=O)[C@H](C)NC(=O)CCl)C(=O)O. The number of aliphatic carboxylic acids is 1. The lowest BCUT2D eigenvalue weighted by Gasteiger charge is -2.12. The third kappa shape index (κ3) is 5.02. The molecule has 0 saturated heterocycles. The molecular weight excluding hydrogens is 224 g/mol. The topological polar surface area (TPSA) is 95.5 Å². The highest BCUT2D eigenvalue weighted by atomic mass is 35.5. The van der Waals surface area contributed by atoms with E-state index in [1.807, 2.05) is 5.32 Å². The highest BCUT2D eigenvalue weighted by molar-refractivity contribution is 6.27. The van der Waals surface area contributed by atoms with Gasteiger partial charge in [0.2, 0.25) is 11.8 Å². The van der Waals surface area contributed by atoms with E-state index >= 15 is 0 Å². The van der Waals surface area contributed by atoms with Crippen molar-refractivity contribution in [1.29, 1.82) is 0 Å². The summed E-state index contributed by atoms with van der Waals surface area (Å²) < 4.78 is 0. The van der Waals surface area contributed by atoms with E-state index in [-0.39, 0.29) is 5.88 Å². The molecule has 0 aromatic heterocycles. The Labute approximate surface area is 91.3 Å². The van der Waals surface area contributed by atoms with Crippen LogP contribution in [-0.4, -0.2) is 34.8 Å². The number of amides is 2. The van der Waals surface area contributed by atoms with E-state index in [2.05, 4.69) is 11.9 Å². The zero-order chi connectivity index (χ0) is 12.0. The molecule has 0 aliphatic rings. The summed E-state index contributed by atoms with van der Waals surface area (Å²) in [7, 11) is 0. The van der Waals surface area contributed by atoms with Crippen LogP contribution in [0.4, 0.5) is 0 Å². The van der Waals surface area contributed by atoms with E-state index < -0.39 is 29.5 Å². The fourth-order valence-corrected chi connectivity index (χ4v) is 0.733. The Morgan fingerprint density at radius 1 is 1.47 bits per heavy atom. The van der Waals surface area contributed by atoms with Crippen molar-refractivity contribution in [2.45, 2.75) is 13.0 Å². The molecule has 7 heteroatoms. The minimum atomic E-state index is -1.33. The van der Waals surface area contributed by atoms with Gasteiger partial charge in [0.05, 0.1) is 0 Å². The third-order valence-corrected chi connectivity index (χ3v) is 1.67. The smallest absolute Gasteiger partial charge is 0.351 e. The molecular formula is C8H11ClN2O4. The van der Waals surface area contributed by atoms with Crippen LogP contribution in [0, 0.1) is 0 Å². The van der Waals surface area contributed by atoms with Crippen LogP contribution in [0.2, 0.25) is 0 Å². The average molecular weight is 235 g/mol. The van der Waals surface area contributed by atoms with E-state index in [9.17, 15) is 14.4 Å². The predicted molar refractivity (Wildman–Crippen MR) is 53.2 cm³/mol. The second kappa shape index (κ2) is 6.02. The molecule has 0 aliphatic carbocycles. The van der Waals surface area contributed by atoms with Crippen LogP contribution in [-0.2, 0) is 14.4 Å². The fraction of sp³-hybridized carbons (Fsp3) is 0.375. The van der Waals surface area contributed by atoms with Gasteiger partial charge in [-0.25, -0.2) is 4.79 Å². The molecule has 0 unspecified atom stereocenters. The van der Waals surface area contributed by atoms with Gasteiger partial charge in [-0.2, -0.15) is 0 Å². The van der Waals surface area contributed by atoms with E-state index in [1.165, 1.54) is 6.92 Å². The lowest BCUT2D eigenvalue weighted by atomic mass is 10.3. The molecule has 6 nitrogen and oxygen atoms in total. The van der Waals surface area contributed by atoms with Crippen LogP contribution in [0.5, 0.6) is 0 Å². The Balaban J connectivity index is 4.16. The van der Waals surface area contributed by atoms with Gasteiger partial charge < -0.3 is 15.7 Å². The number of halogens is 1. The van der Waals surface area contributed by atoms with Gasteiger partial charge in [0.1, 0.15) is 17.6 Å². The summed E-state index contributed by atoms with van der Waals surface area (Å²) in [5.74, 6) is -2.78. The summed E-state index contributed by atoms with van der Waals surface area (Å²) in [5.41, 5.74) is -0.452. The summed E-state index contributed by atoms with van der Waals surface area (Å²) in [6.07, 6.45) is 0. The van der Waals surface area contributed by atoms with Gasteiger partial charge in [0, 0.05) is 0 Å². The van der Waals surface area contributed by atoms with E-state index in [0.29, 0.717) is 0 Å². The van der Waals surface area contributed by atoms with Crippen molar-refractivity contribution >= 4 is 29.4 Å². The number of hydrogen-bond acceptors (Lipinski definition) is 3. The third-order valence-electron chi connectivity index (χ3n) is 1.42. The number of carboxylic acid groups (broad SMARTS) is 1. The number of carboxylic acids is 1. The summed E-state index contributed by atoms with van der Waals surface area (Å²) >= 11 is 5.20. The minimum absolute atomic E-state index is 0.266. The van der Waals surface area contributed by atoms with Crippen LogP contribution in [0.15, 0.2) is 12.3 Å². The van der Waals surface area contributed by atoms with Crippen molar-refractivity contribution in [3.8, 4) is 0 Å². The average Bonchev–Trinajstić information content (AvgIpc) is 2.16. The molecule has 0 aromatic carbocycles. The monoisotopic (exact) mass is 234 g/mol. The molecule has 0 radical (unpaired) electrons. The summed E-state index contributed by atoms with van der Waals surface area (Å²) in [4.78, 5) is 32.3. The van der Waals surface area contributed by atoms with Gasteiger partial charge in [-0.1, -0.05) is 6.58 Å². The highest BCUT2D eigenvalue weighted by Gasteiger charge is 2.17. The summed E-state index contributed by atoms with van der Waals surface area (Å²) in [5, 5.41) is 12.7. The molecule has 0 fully saturated rings. The largest absolute Gasteiger partial charge is 0.477 e. The summed E-state index contributed by atoms with van der Waals surface area (Å²) in [6, 6.07) is -0.868. The first-order chi connectivity index (χ1) is 6.88. The number of carbonyl (C=O) groups is 3.